The van der Waals surface area contributed by atoms with E-state index >= 15 is 0 Å². The van der Waals surface area contributed by atoms with Gasteiger partial charge in [-0.3, -0.25) is 4.98 Å². The molecule has 0 radical (unpaired) electrons. The second kappa shape index (κ2) is 6.22. The summed E-state index contributed by atoms with van der Waals surface area (Å²) in [7, 11) is 0. The summed E-state index contributed by atoms with van der Waals surface area (Å²) in [6.45, 7) is 1.08. The van der Waals surface area contributed by atoms with E-state index in [1.165, 1.54) is 12.1 Å². The van der Waals surface area contributed by atoms with Crippen LogP contribution >= 0.6 is 0 Å². The maximum Gasteiger partial charge on any atom is 0.138 e. The Kier molecular flexibility index (Phi) is 3.96. The number of pyridine rings is 1. The molecule has 3 nitrogen and oxygen atoms in total. The van der Waals surface area contributed by atoms with Gasteiger partial charge in [0.2, 0.25) is 0 Å². The van der Waals surface area contributed by atoms with Gasteiger partial charge in [-0.25, -0.2) is 4.39 Å². The van der Waals surface area contributed by atoms with Crippen LogP contribution in [0, 0.1) is 5.82 Å². The summed E-state index contributed by atoms with van der Waals surface area (Å²) in [5.74, 6) is 0.481. The fourth-order valence-electron chi connectivity index (χ4n) is 2.09. The lowest BCUT2D eigenvalue weighted by Gasteiger charge is -2.09. The molecule has 0 unspecified atom stereocenters. The molecule has 2 aromatic carbocycles. The van der Waals surface area contributed by atoms with Gasteiger partial charge in [0, 0.05) is 17.6 Å². The van der Waals surface area contributed by atoms with E-state index < -0.39 is 0 Å². The van der Waals surface area contributed by atoms with Crippen molar-refractivity contribution in [3.8, 4) is 5.75 Å². The zero-order chi connectivity index (χ0) is 14.5. The van der Waals surface area contributed by atoms with Crippen molar-refractivity contribution in [3.63, 3.8) is 0 Å². The van der Waals surface area contributed by atoms with Crippen molar-refractivity contribution in [2.24, 2.45) is 0 Å². The van der Waals surface area contributed by atoms with Crippen molar-refractivity contribution in [3.05, 3.63) is 66.6 Å². The van der Waals surface area contributed by atoms with Gasteiger partial charge in [-0.15, -0.1) is 0 Å². The van der Waals surface area contributed by atoms with Crippen LogP contribution in [0.3, 0.4) is 0 Å². The summed E-state index contributed by atoms with van der Waals surface area (Å²) in [6, 6.07) is 16.2. The molecule has 0 spiro atoms. The Balaban J connectivity index is 1.54. The third-order valence-electron chi connectivity index (χ3n) is 3.09. The molecule has 1 heterocycles. The molecule has 21 heavy (non-hydrogen) atoms. The first-order chi connectivity index (χ1) is 10.3. The zero-order valence-electron chi connectivity index (χ0n) is 11.4. The smallest absolute Gasteiger partial charge is 0.138 e. The molecule has 0 aliphatic heterocycles. The molecular formula is C17H15FN2O. The van der Waals surface area contributed by atoms with Crippen LogP contribution < -0.4 is 10.1 Å². The van der Waals surface area contributed by atoms with E-state index in [-0.39, 0.29) is 5.82 Å². The fraction of sp³-hybridized carbons (Fsp3) is 0.118. The molecule has 1 aromatic heterocycles. The van der Waals surface area contributed by atoms with Crippen LogP contribution in [0.4, 0.5) is 10.1 Å². The average Bonchev–Trinajstić information content (AvgIpc) is 2.51. The van der Waals surface area contributed by atoms with Gasteiger partial charge < -0.3 is 10.1 Å². The highest BCUT2D eigenvalue weighted by Gasteiger charge is 1.99. The number of rotatable bonds is 5. The highest BCUT2D eigenvalue weighted by atomic mass is 19.1. The molecular weight excluding hydrogens is 267 g/mol. The van der Waals surface area contributed by atoms with Gasteiger partial charge in [-0.05, 0) is 30.3 Å². The number of nitrogens with zero attached hydrogens (tertiary/aromatic N) is 1. The minimum absolute atomic E-state index is 0.250. The van der Waals surface area contributed by atoms with Gasteiger partial charge in [0.25, 0.3) is 0 Å². The lowest BCUT2D eigenvalue weighted by atomic mass is 10.2. The van der Waals surface area contributed by atoms with E-state index in [0.717, 1.165) is 22.3 Å². The van der Waals surface area contributed by atoms with Crippen LogP contribution in [0.1, 0.15) is 0 Å². The number of benzene rings is 2. The van der Waals surface area contributed by atoms with E-state index in [4.69, 9.17) is 4.74 Å². The van der Waals surface area contributed by atoms with E-state index in [0.29, 0.717) is 13.2 Å². The van der Waals surface area contributed by atoms with Crippen molar-refractivity contribution in [1.29, 1.82) is 0 Å². The first kappa shape index (κ1) is 13.4. The monoisotopic (exact) mass is 282 g/mol. The number of para-hydroxylation sites is 1. The van der Waals surface area contributed by atoms with Crippen LogP contribution in [-0.2, 0) is 0 Å². The Morgan fingerprint density at radius 1 is 1.05 bits per heavy atom. The number of anilines is 1. The summed E-state index contributed by atoms with van der Waals surface area (Å²) >= 11 is 0. The molecule has 0 bridgehead atoms. The Morgan fingerprint density at radius 3 is 2.86 bits per heavy atom. The molecule has 1 N–H and O–H groups in total. The quantitative estimate of drug-likeness (QED) is 0.721. The van der Waals surface area contributed by atoms with Crippen LogP contribution in [0.15, 0.2) is 60.8 Å². The molecule has 0 aliphatic carbocycles. The predicted molar refractivity (Wildman–Crippen MR) is 82.1 cm³/mol. The van der Waals surface area contributed by atoms with Crippen LogP contribution in [0.25, 0.3) is 10.9 Å². The van der Waals surface area contributed by atoms with Crippen LogP contribution in [0.2, 0.25) is 0 Å². The first-order valence-corrected chi connectivity index (χ1v) is 6.78. The standard InChI is InChI=1S/C17H15FN2O/c18-14-5-3-6-15(11-14)19-8-9-21-16-10-13-4-1-2-7-17(13)20-12-16/h1-7,10-12,19H,8-9H2. The van der Waals surface area contributed by atoms with Gasteiger partial charge in [-0.2, -0.15) is 0 Å². The number of aromatic nitrogens is 1. The largest absolute Gasteiger partial charge is 0.490 e. The number of ether oxygens (including phenoxy) is 1. The summed E-state index contributed by atoms with van der Waals surface area (Å²) in [4.78, 5) is 4.33. The Morgan fingerprint density at radius 2 is 1.95 bits per heavy atom. The molecule has 0 saturated heterocycles. The molecule has 0 atom stereocenters. The molecule has 0 fully saturated rings. The lowest BCUT2D eigenvalue weighted by molar-refractivity contribution is 0.332. The van der Waals surface area contributed by atoms with Crippen LogP contribution in [0.5, 0.6) is 5.75 Å². The summed E-state index contributed by atoms with van der Waals surface area (Å²) in [5, 5.41) is 4.16. The third-order valence-corrected chi connectivity index (χ3v) is 3.09. The highest BCUT2D eigenvalue weighted by molar-refractivity contribution is 5.79. The summed E-state index contributed by atoms with van der Waals surface area (Å²) in [5.41, 5.74) is 1.69. The fourth-order valence-corrected chi connectivity index (χ4v) is 2.09. The Hall–Kier alpha value is -2.62. The maximum absolute atomic E-state index is 13.0. The van der Waals surface area contributed by atoms with Gasteiger partial charge in [0.05, 0.1) is 11.7 Å². The normalized spacial score (nSPS) is 10.5. The Labute approximate surface area is 122 Å². The second-order valence-electron chi connectivity index (χ2n) is 4.65. The van der Waals surface area contributed by atoms with Crippen molar-refractivity contribution in [2.45, 2.75) is 0 Å². The van der Waals surface area contributed by atoms with Crippen LogP contribution in [-0.4, -0.2) is 18.1 Å². The number of fused-ring (bicyclic) bond motifs is 1. The van der Waals surface area contributed by atoms with Gasteiger partial charge in [0.15, 0.2) is 0 Å². The summed E-state index contributed by atoms with van der Waals surface area (Å²) < 4.78 is 18.7. The highest BCUT2D eigenvalue weighted by Crippen LogP contribution is 2.17. The van der Waals surface area contributed by atoms with E-state index in [1.54, 1.807) is 12.3 Å². The van der Waals surface area contributed by atoms with Crippen molar-refractivity contribution in [1.82, 2.24) is 4.98 Å². The minimum atomic E-state index is -0.250. The number of halogens is 1. The summed E-state index contributed by atoms with van der Waals surface area (Å²) in [6.07, 6.45) is 1.71. The number of nitrogens with one attached hydrogen (secondary N) is 1. The minimum Gasteiger partial charge on any atom is -0.490 e. The van der Waals surface area contributed by atoms with Gasteiger partial charge in [0.1, 0.15) is 18.2 Å². The molecule has 106 valence electrons. The molecule has 0 amide bonds. The van der Waals surface area contributed by atoms with Gasteiger partial charge in [-0.1, -0.05) is 24.3 Å². The number of hydrogen-bond acceptors (Lipinski definition) is 3. The van der Waals surface area contributed by atoms with Crippen molar-refractivity contribution >= 4 is 16.6 Å². The van der Waals surface area contributed by atoms with E-state index in [1.807, 2.05) is 36.4 Å². The van der Waals surface area contributed by atoms with Crippen molar-refractivity contribution in [2.75, 3.05) is 18.5 Å². The maximum atomic E-state index is 13.0. The molecule has 0 saturated carbocycles. The van der Waals surface area contributed by atoms with Gasteiger partial charge >= 0.3 is 0 Å². The SMILES string of the molecule is Fc1cccc(NCCOc2cnc3ccccc3c2)c1. The topological polar surface area (TPSA) is 34.1 Å². The average molecular weight is 282 g/mol. The molecule has 3 aromatic rings. The van der Waals surface area contributed by atoms with E-state index in [2.05, 4.69) is 10.3 Å². The molecule has 4 heteroatoms. The Bertz CT molecular complexity index is 745. The zero-order valence-corrected chi connectivity index (χ0v) is 11.4. The molecule has 3 rings (SSSR count). The molecule has 0 aliphatic rings. The first-order valence-electron chi connectivity index (χ1n) is 6.78. The van der Waals surface area contributed by atoms with Crippen molar-refractivity contribution < 1.29 is 9.13 Å². The lowest BCUT2D eigenvalue weighted by Crippen LogP contribution is -2.11. The predicted octanol–water partition coefficient (Wildman–Crippen LogP) is 3.86. The number of hydrogen-bond donors (Lipinski definition) is 1. The third kappa shape index (κ3) is 3.48. The van der Waals surface area contributed by atoms with E-state index in [9.17, 15) is 4.39 Å². The second-order valence-corrected chi connectivity index (χ2v) is 4.65.